The lowest BCUT2D eigenvalue weighted by Gasteiger charge is -2.27. The van der Waals surface area contributed by atoms with Gasteiger partial charge in [-0.25, -0.2) is 9.99 Å². The molecular formula is C13H16N4O. The lowest BCUT2D eigenvalue weighted by atomic mass is 10.2. The minimum atomic E-state index is 0.761. The molecular weight excluding hydrogens is 228 g/mol. The molecule has 0 spiro atoms. The van der Waals surface area contributed by atoms with Crippen LogP contribution < -0.4 is 11.2 Å². The highest BCUT2D eigenvalue weighted by atomic mass is 16.5. The van der Waals surface area contributed by atoms with E-state index in [1.165, 1.54) is 0 Å². The van der Waals surface area contributed by atoms with Gasteiger partial charge in [-0.05, 0) is 30.3 Å². The Labute approximate surface area is 106 Å². The zero-order valence-corrected chi connectivity index (χ0v) is 10.1. The summed E-state index contributed by atoms with van der Waals surface area (Å²) in [5.41, 5.74) is 10.8. The first kappa shape index (κ1) is 11.3. The van der Waals surface area contributed by atoms with Crippen molar-refractivity contribution < 1.29 is 4.74 Å². The summed E-state index contributed by atoms with van der Waals surface area (Å²) in [6, 6.07) is 9.74. The van der Waals surface area contributed by atoms with E-state index in [-0.39, 0.29) is 0 Å². The second-order valence-corrected chi connectivity index (χ2v) is 4.36. The number of hydrazine groups is 1. The molecule has 1 saturated heterocycles. The lowest BCUT2D eigenvalue weighted by Crippen LogP contribution is -2.40. The second kappa shape index (κ2) is 4.80. The number of rotatable bonds is 2. The Morgan fingerprint density at radius 2 is 2.00 bits per heavy atom. The van der Waals surface area contributed by atoms with Gasteiger partial charge in [0.2, 0.25) is 0 Å². The van der Waals surface area contributed by atoms with Gasteiger partial charge < -0.3 is 15.9 Å². The number of aromatic nitrogens is 1. The van der Waals surface area contributed by atoms with Crippen molar-refractivity contribution in [3.8, 4) is 0 Å². The smallest absolute Gasteiger partial charge is 0.141 e. The van der Waals surface area contributed by atoms with Crippen molar-refractivity contribution in [2.75, 3.05) is 37.5 Å². The molecule has 1 aliphatic heterocycles. The molecule has 2 heterocycles. The standard InChI is InChI=1S/C13H16N4O/c14-11-2-3-12-10(9-11)1-4-13(15-12)16-17-5-7-18-8-6-17/h1-4,9H,5-8,14H2,(H,15,16). The minimum absolute atomic E-state index is 0.761. The van der Waals surface area contributed by atoms with E-state index in [1.807, 2.05) is 30.3 Å². The Bertz CT molecular complexity index is 552. The third-order valence-corrected chi connectivity index (χ3v) is 3.00. The summed E-state index contributed by atoms with van der Waals surface area (Å²) < 4.78 is 5.30. The average molecular weight is 244 g/mol. The molecule has 0 radical (unpaired) electrons. The fourth-order valence-corrected chi connectivity index (χ4v) is 2.04. The van der Waals surface area contributed by atoms with Gasteiger partial charge in [-0.2, -0.15) is 0 Å². The summed E-state index contributed by atoms with van der Waals surface area (Å²) in [5.74, 6) is 0.856. The number of hydrogen-bond acceptors (Lipinski definition) is 5. The van der Waals surface area contributed by atoms with Gasteiger partial charge in [-0.1, -0.05) is 0 Å². The van der Waals surface area contributed by atoms with Crippen molar-refractivity contribution in [3.63, 3.8) is 0 Å². The van der Waals surface area contributed by atoms with E-state index in [9.17, 15) is 0 Å². The summed E-state index contributed by atoms with van der Waals surface area (Å²) in [6.07, 6.45) is 0. The van der Waals surface area contributed by atoms with Crippen LogP contribution in [0.5, 0.6) is 0 Å². The van der Waals surface area contributed by atoms with E-state index < -0.39 is 0 Å². The maximum atomic E-state index is 5.75. The van der Waals surface area contributed by atoms with Crippen LogP contribution in [0.1, 0.15) is 0 Å². The molecule has 0 unspecified atom stereocenters. The predicted molar refractivity (Wildman–Crippen MR) is 72.2 cm³/mol. The monoisotopic (exact) mass is 244 g/mol. The molecule has 0 aliphatic carbocycles. The van der Waals surface area contributed by atoms with E-state index in [0.717, 1.165) is 48.7 Å². The highest BCUT2D eigenvalue weighted by Crippen LogP contribution is 2.18. The van der Waals surface area contributed by atoms with Gasteiger partial charge in [0.25, 0.3) is 0 Å². The van der Waals surface area contributed by atoms with Crippen LogP contribution in [0, 0.1) is 0 Å². The number of fused-ring (bicyclic) bond motifs is 1. The fourth-order valence-electron chi connectivity index (χ4n) is 2.04. The summed E-state index contributed by atoms with van der Waals surface area (Å²) in [6.45, 7) is 3.27. The van der Waals surface area contributed by atoms with Gasteiger partial charge in [-0.3, -0.25) is 0 Å². The molecule has 94 valence electrons. The van der Waals surface area contributed by atoms with Crippen LogP contribution in [0.3, 0.4) is 0 Å². The summed E-state index contributed by atoms with van der Waals surface area (Å²) in [7, 11) is 0. The van der Waals surface area contributed by atoms with Crippen molar-refractivity contribution in [1.29, 1.82) is 0 Å². The van der Waals surface area contributed by atoms with Crippen LogP contribution in [-0.2, 0) is 4.74 Å². The van der Waals surface area contributed by atoms with Crippen LogP contribution in [0.25, 0.3) is 10.9 Å². The van der Waals surface area contributed by atoms with Gasteiger partial charge in [0.15, 0.2) is 0 Å². The highest BCUT2D eigenvalue weighted by Gasteiger charge is 2.10. The number of nitrogen functional groups attached to an aromatic ring is 1. The van der Waals surface area contributed by atoms with E-state index in [1.54, 1.807) is 0 Å². The number of nitrogens with two attached hydrogens (primary N) is 1. The van der Waals surface area contributed by atoms with Crippen molar-refractivity contribution in [2.24, 2.45) is 0 Å². The van der Waals surface area contributed by atoms with E-state index >= 15 is 0 Å². The summed E-state index contributed by atoms with van der Waals surface area (Å²) >= 11 is 0. The molecule has 1 fully saturated rings. The Kier molecular flexibility index (Phi) is 3.00. The number of hydrogen-bond donors (Lipinski definition) is 2. The molecule has 5 nitrogen and oxygen atoms in total. The fraction of sp³-hybridized carbons (Fsp3) is 0.308. The largest absolute Gasteiger partial charge is 0.399 e. The Morgan fingerprint density at radius 3 is 2.83 bits per heavy atom. The zero-order valence-electron chi connectivity index (χ0n) is 10.1. The third-order valence-electron chi connectivity index (χ3n) is 3.00. The van der Waals surface area contributed by atoms with Crippen LogP contribution in [-0.4, -0.2) is 36.3 Å². The summed E-state index contributed by atoms with van der Waals surface area (Å²) in [5, 5.41) is 3.18. The lowest BCUT2D eigenvalue weighted by molar-refractivity contribution is 0.0495. The normalized spacial score (nSPS) is 16.9. The Balaban J connectivity index is 1.82. The molecule has 3 N–H and O–H groups in total. The van der Waals surface area contributed by atoms with Crippen LogP contribution in [0.2, 0.25) is 0 Å². The van der Waals surface area contributed by atoms with Crippen molar-refractivity contribution in [2.45, 2.75) is 0 Å². The molecule has 0 atom stereocenters. The van der Waals surface area contributed by atoms with Gasteiger partial charge in [-0.15, -0.1) is 0 Å². The van der Waals surface area contributed by atoms with Crippen molar-refractivity contribution >= 4 is 22.4 Å². The molecule has 1 aromatic carbocycles. The predicted octanol–water partition coefficient (Wildman–Crippen LogP) is 1.48. The van der Waals surface area contributed by atoms with Gasteiger partial charge in [0.1, 0.15) is 5.82 Å². The number of nitrogens with one attached hydrogen (secondary N) is 1. The molecule has 0 amide bonds. The molecule has 0 saturated carbocycles. The molecule has 18 heavy (non-hydrogen) atoms. The third kappa shape index (κ3) is 2.37. The van der Waals surface area contributed by atoms with E-state index in [4.69, 9.17) is 10.5 Å². The SMILES string of the molecule is Nc1ccc2nc(NN3CCOCC3)ccc2c1. The number of anilines is 2. The number of nitrogens with zero attached hydrogens (tertiary/aromatic N) is 2. The van der Waals surface area contributed by atoms with Gasteiger partial charge in [0.05, 0.1) is 18.7 Å². The number of pyridine rings is 1. The Hall–Kier alpha value is -1.85. The molecule has 5 heteroatoms. The first-order chi connectivity index (χ1) is 8.81. The Morgan fingerprint density at radius 1 is 1.17 bits per heavy atom. The van der Waals surface area contributed by atoms with Crippen molar-refractivity contribution in [3.05, 3.63) is 30.3 Å². The first-order valence-corrected chi connectivity index (χ1v) is 6.07. The number of benzene rings is 1. The van der Waals surface area contributed by atoms with Crippen LogP contribution in [0.15, 0.2) is 30.3 Å². The van der Waals surface area contributed by atoms with Gasteiger partial charge in [0, 0.05) is 24.2 Å². The second-order valence-electron chi connectivity index (χ2n) is 4.36. The molecule has 1 aliphatic rings. The molecule has 3 rings (SSSR count). The quantitative estimate of drug-likeness (QED) is 0.783. The molecule has 0 bridgehead atoms. The highest BCUT2D eigenvalue weighted by molar-refractivity contribution is 5.83. The van der Waals surface area contributed by atoms with Gasteiger partial charge >= 0.3 is 0 Å². The zero-order chi connectivity index (χ0) is 12.4. The topological polar surface area (TPSA) is 63.4 Å². The van der Waals surface area contributed by atoms with Crippen molar-refractivity contribution in [1.82, 2.24) is 9.99 Å². The number of morpholine rings is 1. The van der Waals surface area contributed by atoms with E-state index in [2.05, 4.69) is 15.4 Å². The van der Waals surface area contributed by atoms with Crippen LogP contribution >= 0.6 is 0 Å². The minimum Gasteiger partial charge on any atom is -0.399 e. The average Bonchev–Trinajstić information content (AvgIpc) is 2.40. The maximum Gasteiger partial charge on any atom is 0.141 e. The van der Waals surface area contributed by atoms with E-state index in [0.29, 0.717) is 0 Å². The maximum absolute atomic E-state index is 5.75. The molecule has 1 aromatic heterocycles. The molecule has 2 aromatic rings. The van der Waals surface area contributed by atoms with Crippen LogP contribution in [0.4, 0.5) is 11.5 Å². The first-order valence-electron chi connectivity index (χ1n) is 6.07. The summed E-state index contributed by atoms with van der Waals surface area (Å²) in [4.78, 5) is 4.56. The number of ether oxygens (including phenoxy) is 1.